The van der Waals surface area contributed by atoms with Crippen molar-refractivity contribution in [1.82, 2.24) is 4.90 Å². The molecule has 0 aromatic heterocycles. The van der Waals surface area contributed by atoms with E-state index >= 15 is 0 Å². The Bertz CT molecular complexity index is 122. The minimum atomic E-state index is 0.379. The third kappa shape index (κ3) is 0.836. The van der Waals surface area contributed by atoms with Crippen LogP contribution in [0.25, 0.3) is 0 Å². The first-order valence-corrected chi connectivity index (χ1v) is 4.93. The van der Waals surface area contributed by atoms with Gasteiger partial charge < -0.3 is 0 Å². The van der Waals surface area contributed by atoms with Crippen LogP contribution in [0.1, 0.15) is 0 Å². The highest BCUT2D eigenvalue weighted by Crippen LogP contribution is 2.55. The van der Waals surface area contributed by atoms with Gasteiger partial charge in [-0.25, -0.2) is 0 Å². The van der Waals surface area contributed by atoms with Crippen LogP contribution >= 0.6 is 37.0 Å². The zero-order chi connectivity index (χ0) is 6.59. The van der Waals surface area contributed by atoms with Gasteiger partial charge in [-0.15, -0.1) is 11.8 Å². The lowest BCUT2D eigenvalue weighted by Crippen LogP contribution is -2.27. The molecule has 0 aliphatic carbocycles. The Balaban J connectivity index is 2.14. The van der Waals surface area contributed by atoms with Crippen molar-refractivity contribution in [2.24, 2.45) is 0 Å². The summed E-state index contributed by atoms with van der Waals surface area (Å²) in [6.07, 6.45) is 0. The van der Waals surface area contributed by atoms with Crippen LogP contribution in [0.2, 0.25) is 0 Å². The summed E-state index contributed by atoms with van der Waals surface area (Å²) in [5.74, 6) is 0. The van der Waals surface area contributed by atoms with E-state index in [1.165, 1.54) is 0 Å². The Morgan fingerprint density at radius 1 is 1.44 bits per heavy atom. The van der Waals surface area contributed by atoms with E-state index in [2.05, 4.69) is 37.2 Å². The Morgan fingerprint density at radius 3 is 2.33 bits per heavy atom. The molecular formula is C5H9NS3. The normalized spacial score (nSPS) is 57.7. The lowest BCUT2D eigenvalue weighted by molar-refractivity contribution is 0.383. The second kappa shape index (κ2) is 2.00. The number of nitrogens with zero attached hydrogens (tertiary/aromatic N) is 1. The van der Waals surface area contributed by atoms with E-state index < -0.39 is 0 Å². The fourth-order valence-electron chi connectivity index (χ4n) is 1.25. The van der Waals surface area contributed by atoms with Gasteiger partial charge in [-0.05, 0) is 7.05 Å². The Hall–Kier alpha value is 1.01. The van der Waals surface area contributed by atoms with Gasteiger partial charge in [0.1, 0.15) is 0 Å². The van der Waals surface area contributed by atoms with Gasteiger partial charge in [0.05, 0.1) is 10.7 Å². The highest BCUT2D eigenvalue weighted by Gasteiger charge is 2.55. The van der Waals surface area contributed by atoms with E-state index in [0.29, 0.717) is 10.6 Å². The average Bonchev–Trinajstić information content (AvgIpc) is 2.56. The fraction of sp³-hybridized carbons (Fsp3) is 1.00. The zero-order valence-corrected chi connectivity index (χ0v) is 7.66. The highest BCUT2D eigenvalue weighted by atomic mass is 32.2. The van der Waals surface area contributed by atoms with Crippen LogP contribution < -0.4 is 0 Å². The van der Waals surface area contributed by atoms with Crippen molar-refractivity contribution in [2.45, 2.75) is 21.2 Å². The standard InChI is InChI=1S/C5H9NS3/c1-6-4(8)2(7)3-5(6)9-3/h2-5,7-8H,1H3. The molecule has 2 rings (SSSR count). The Labute approximate surface area is 70.4 Å². The zero-order valence-electron chi connectivity index (χ0n) is 5.06. The highest BCUT2D eigenvalue weighted by molar-refractivity contribution is 8.08. The lowest BCUT2D eigenvalue weighted by Gasteiger charge is -2.19. The van der Waals surface area contributed by atoms with Crippen LogP contribution in [-0.4, -0.2) is 33.2 Å². The molecule has 0 bridgehead atoms. The smallest absolute Gasteiger partial charge is 0.0700 e. The van der Waals surface area contributed by atoms with Gasteiger partial charge in [-0.2, -0.15) is 25.3 Å². The van der Waals surface area contributed by atoms with Gasteiger partial charge in [0.2, 0.25) is 0 Å². The molecule has 0 aromatic rings. The second-order valence-electron chi connectivity index (χ2n) is 2.56. The summed E-state index contributed by atoms with van der Waals surface area (Å²) in [6.45, 7) is 0. The molecular weight excluding hydrogens is 170 g/mol. The Kier molecular flexibility index (Phi) is 1.49. The molecule has 0 aromatic carbocycles. The molecule has 0 amide bonds. The van der Waals surface area contributed by atoms with E-state index in [1.807, 2.05) is 11.8 Å². The fourth-order valence-corrected chi connectivity index (χ4v) is 3.72. The van der Waals surface area contributed by atoms with E-state index in [9.17, 15) is 0 Å². The number of rotatable bonds is 0. The van der Waals surface area contributed by atoms with E-state index in [-0.39, 0.29) is 0 Å². The minimum Gasteiger partial charge on any atom is -0.281 e. The number of hydrogen-bond donors (Lipinski definition) is 2. The molecule has 2 fully saturated rings. The van der Waals surface area contributed by atoms with Crippen LogP contribution in [0.3, 0.4) is 0 Å². The summed E-state index contributed by atoms with van der Waals surface area (Å²) in [6, 6.07) is 0. The van der Waals surface area contributed by atoms with Gasteiger partial charge in [0.25, 0.3) is 0 Å². The largest absolute Gasteiger partial charge is 0.281 e. The molecule has 0 N–H and O–H groups in total. The van der Waals surface area contributed by atoms with Gasteiger partial charge in [0, 0.05) is 10.5 Å². The van der Waals surface area contributed by atoms with Crippen LogP contribution in [0.15, 0.2) is 0 Å². The molecule has 0 spiro atoms. The molecule has 2 aliphatic heterocycles. The molecule has 2 saturated heterocycles. The third-order valence-corrected chi connectivity index (χ3v) is 5.14. The predicted octanol–water partition coefficient (Wildman–Crippen LogP) is 0.928. The Morgan fingerprint density at radius 2 is 2.11 bits per heavy atom. The molecule has 2 heterocycles. The first kappa shape index (κ1) is 6.70. The SMILES string of the molecule is CN1C(S)C(S)C2SC21. The number of thioether (sulfide) groups is 1. The molecule has 1 nitrogen and oxygen atoms in total. The number of thiol groups is 2. The van der Waals surface area contributed by atoms with E-state index in [4.69, 9.17) is 0 Å². The quantitative estimate of drug-likeness (QED) is 0.421. The maximum atomic E-state index is 4.44. The summed E-state index contributed by atoms with van der Waals surface area (Å²) >= 11 is 10.9. The molecule has 9 heavy (non-hydrogen) atoms. The first-order chi connectivity index (χ1) is 4.22. The number of hydrogen-bond acceptors (Lipinski definition) is 4. The summed E-state index contributed by atoms with van der Waals surface area (Å²) in [7, 11) is 2.12. The van der Waals surface area contributed by atoms with Crippen molar-refractivity contribution < 1.29 is 0 Å². The lowest BCUT2D eigenvalue weighted by atomic mass is 10.4. The first-order valence-electron chi connectivity index (χ1n) is 2.95. The summed E-state index contributed by atoms with van der Waals surface area (Å²) in [4.78, 5) is 2.29. The molecule has 4 atom stereocenters. The van der Waals surface area contributed by atoms with E-state index in [1.54, 1.807) is 0 Å². The van der Waals surface area contributed by atoms with Crippen molar-refractivity contribution >= 4 is 37.0 Å². The molecule has 4 unspecified atom stereocenters. The number of fused-ring (bicyclic) bond motifs is 1. The topological polar surface area (TPSA) is 3.24 Å². The van der Waals surface area contributed by atoms with Gasteiger partial charge in [0.15, 0.2) is 0 Å². The summed E-state index contributed by atoms with van der Waals surface area (Å²) < 4.78 is 0. The third-order valence-electron chi connectivity index (χ3n) is 1.96. The van der Waals surface area contributed by atoms with Crippen molar-refractivity contribution in [3.63, 3.8) is 0 Å². The maximum absolute atomic E-state index is 4.44. The summed E-state index contributed by atoms with van der Waals surface area (Å²) in [5, 5.41) is 2.36. The van der Waals surface area contributed by atoms with Crippen LogP contribution in [0.5, 0.6) is 0 Å². The average molecular weight is 179 g/mol. The van der Waals surface area contributed by atoms with Crippen molar-refractivity contribution in [2.75, 3.05) is 7.05 Å². The van der Waals surface area contributed by atoms with Crippen molar-refractivity contribution in [1.29, 1.82) is 0 Å². The number of likely N-dealkylation sites (tertiary alicyclic amines) is 1. The van der Waals surface area contributed by atoms with Gasteiger partial charge in [-0.3, -0.25) is 4.90 Å². The molecule has 0 radical (unpaired) electrons. The monoisotopic (exact) mass is 179 g/mol. The molecule has 52 valence electrons. The van der Waals surface area contributed by atoms with Crippen molar-refractivity contribution in [3.05, 3.63) is 0 Å². The maximum Gasteiger partial charge on any atom is 0.0700 e. The van der Waals surface area contributed by atoms with Crippen LogP contribution in [0, 0.1) is 0 Å². The summed E-state index contributed by atoms with van der Waals surface area (Å²) in [5.41, 5.74) is 0. The molecule has 2 aliphatic rings. The predicted molar refractivity (Wildman–Crippen MR) is 48.5 cm³/mol. The van der Waals surface area contributed by atoms with Crippen molar-refractivity contribution in [3.8, 4) is 0 Å². The van der Waals surface area contributed by atoms with Gasteiger partial charge >= 0.3 is 0 Å². The van der Waals surface area contributed by atoms with Gasteiger partial charge in [-0.1, -0.05) is 0 Å². The second-order valence-corrected chi connectivity index (χ2v) is 4.99. The van der Waals surface area contributed by atoms with Crippen LogP contribution in [-0.2, 0) is 0 Å². The van der Waals surface area contributed by atoms with E-state index in [0.717, 1.165) is 10.6 Å². The molecule has 4 heteroatoms. The minimum absolute atomic E-state index is 0.379. The molecule has 0 saturated carbocycles. The van der Waals surface area contributed by atoms with Crippen LogP contribution in [0.4, 0.5) is 0 Å².